The smallest absolute Gasteiger partial charge is 0.254 e. The van der Waals surface area contributed by atoms with Crippen LogP contribution < -0.4 is 10.6 Å². The molecule has 1 aliphatic heterocycles. The molecule has 0 aromatic carbocycles. The highest BCUT2D eigenvalue weighted by atomic mass is 32.1. The zero-order chi connectivity index (χ0) is 12.6. The zero-order valence-corrected chi connectivity index (χ0v) is 10.4. The summed E-state index contributed by atoms with van der Waals surface area (Å²) in [5.74, 6) is -0.859. The fraction of sp³-hybridized carbons (Fsp3) is 0.300. The van der Waals surface area contributed by atoms with Gasteiger partial charge in [0.05, 0.1) is 12.9 Å². The summed E-state index contributed by atoms with van der Waals surface area (Å²) in [5, 5.41) is 8.06. The maximum absolute atomic E-state index is 14.0. The van der Waals surface area contributed by atoms with Crippen molar-refractivity contribution in [2.24, 2.45) is 4.99 Å². The molecular weight excluding hydrogens is 255 g/mol. The molecule has 3 heterocycles. The Labute approximate surface area is 106 Å². The molecule has 0 spiro atoms. The second kappa shape index (κ2) is 4.05. The lowest BCUT2D eigenvalue weighted by molar-refractivity contribution is 0.204. The first-order valence-electron chi connectivity index (χ1n) is 5.36. The lowest BCUT2D eigenvalue weighted by Crippen LogP contribution is -2.52. The van der Waals surface area contributed by atoms with Gasteiger partial charge >= 0.3 is 0 Å². The number of rotatable bonds is 2. The van der Waals surface area contributed by atoms with Crippen molar-refractivity contribution in [2.75, 3.05) is 5.32 Å². The van der Waals surface area contributed by atoms with E-state index in [-0.39, 0.29) is 0 Å². The normalized spacial score (nSPS) is 24.4. The maximum Gasteiger partial charge on any atom is 0.254 e. The van der Waals surface area contributed by atoms with Gasteiger partial charge in [-0.25, -0.2) is 9.97 Å². The van der Waals surface area contributed by atoms with Crippen LogP contribution in [-0.4, -0.2) is 26.7 Å². The van der Waals surface area contributed by atoms with Gasteiger partial charge in [-0.15, -0.1) is 11.3 Å². The molecule has 0 bridgehead atoms. The standard InChI is InChI=1S/C10H11FN6S/c1-10(11)16-8(7-9(17-10)15-5-14-7)13-4-6-12-2-3-18-6/h2-3,5,17H,4H2,1H3,(H,13,16)(H,14,15). The number of thiazole rings is 1. The molecule has 0 saturated heterocycles. The highest BCUT2D eigenvalue weighted by Crippen LogP contribution is 2.22. The number of hydrogen-bond acceptors (Lipinski definition) is 5. The number of anilines is 1. The van der Waals surface area contributed by atoms with E-state index in [0.29, 0.717) is 23.9 Å². The van der Waals surface area contributed by atoms with Crippen molar-refractivity contribution < 1.29 is 4.39 Å². The molecule has 1 atom stereocenters. The number of halogens is 1. The number of aliphatic imine (C=N–C) groups is 1. The summed E-state index contributed by atoms with van der Waals surface area (Å²) in [6, 6.07) is 0. The molecule has 0 aliphatic carbocycles. The van der Waals surface area contributed by atoms with E-state index < -0.39 is 5.92 Å². The number of imidazole rings is 1. The molecular formula is C10H11FN6S. The number of nitrogens with one attached hydrogen (secondary N) is 3. The predicted molar refractivity (Wildman–Crippen MR) is 67.2 cm³/mol. The Bertz CT molecular complexity index is 573. The summed E-state index contributed by atoms with van der Waals surface area (Å²) in [6.45, 7) is 1.79. The number of aromatic nitrogens is 3. The molecule has 3 N–H and O–H groups in total. The van der Waals surface area contributed by atoms with Crippen LogP contribution in [0.4, 0.5) is 10.2 Å². The van der Waals surface area contributed by atoms with Crippen LogP contribution in [-0.2, 0) is 6.54 Å². The largest absolute Gasteiger partial charge is 0.340 e. The van der Waals surface area contributed by atoms with E-state index in [1.165, 1.54) is 24.6 Å². The molecule has 0 amide bonds. The maximum atomic E-state index is 14.0. The zero-order valence-electron chi connectivity index (χ0n) is 9.57. The minimum absolute atomic E-state index is 0.411. The van der Waals surface area contributed by atoms with Gasteiger partial charge in [-0.2, -0.15) is 4.39 Å². The molecule has 6 nitrogen and oxygen atoms in total. The Kier molecular flexibility index (Phi) is 2.51. The van der Waals surface area contributed by atoms with Crippen molar-refractivity contribution in [3.8, 4) is 0 Å². The number of alkyl halides is 1. The van der Waals surface area contributed by atoms with E-state index in [2.05, 4.69) is 30.6 Å². The van der Waals surface area contributed by atoms with Gasteiger partial charge in [0, 0.05) is 18.5 Å². The van der Waals surface area contributed by atoms with E-state index in [1.807, 2.05) is 5.38 Å². The minimum Gasteiger partial charge on any atom is -0.340 e. The lowest BCUT2D eigenvalue weighted by Gasteiger charge is -2.29. The van der Waals surface area contributed by atoms with Crippen LogP contribution in [0, 0.1) is 0 Å². The second-order valence-electron chi connectivity index (χ2n) is 3.97. The van der Waals surface area contributed by atoms with Crippen molar-refractivity contribution in [3.63, 3.8) is 0 Å². The van der Waals surface area contributed by atoms with E-state index in [1.54, 1.807) is 6.20 Å². The summed E-state index contributed by atoms with van der Waals surface area (Å²) < 4.78 is 14.0. The Balaban J connectivity index is 1.90. The third-order valence-corrected chi connectivity index (χ3v) is 3.20. The average molecular weight is 266 g/mol. The van der Waals surface area contributed by atoms with Gasteiger partial charge < -0.3 is 15.6 Å². The molecule has 0 saturated carbocycles. The molecule has 2 aromatic rings. The van der Waals surface area contributed by atoms with Crippen LogP contribution in [0.3, 0.4) is 0 Å². The summed E-state index contributed by atoms with van der Waals surface area (Å²) in [7, 11) is 0. The van der Waals surface area contributed by atoms with Crippen LogP contribution in [0.15, 0.2) is 22.9 Å². The Morgan fingerprint density at radius 2 is 2.33 bits per heavy atom. The summed E-state index contributed by atoms with van der Waals surface area (Å²) >= 11 is 1.51. The topological polar surface area (TPSA) is 78.0 Å². The number of fused-ring (bicyclic) bond motifs is 1. The molecule has 2 aromatic heterocycles. The molecule has 0 fully saturated rings. The highest BCUT2D eigenvalue weighted by molar-refractivity contribution is 7.09. The average Bonchev–Trinajstić information content (AvgIpc) is 2.94. The predicted octanol–water partition coefficient (Wildman–Crippen LogP) is 1.47. The fourth-order valence-electron chi connectivity index (χ4n) is 1.70. The van der Waals surface area contributed by atoms with E-state index in [9.17, 15) is 4.39 Å². The van der Waals surface area contributed by atoms with Gasteiger partial charge in [-0.05, 0) is 0 Å². The first-order valence-corrected chi connectivity index (χ1v) is 6.24. The van der Waals surface area contributed by atoms with Crippen LogP contribution in [0.5, 0.6) is 0 Å². The van der Waals surface area contributed by atoms with Gasteiger partial charge in [0.25, 0.3) is 5.92 Å². The number of aromatic amines is 1. The van der Waals surface area contributed by atoms with Crippen molar-refractivity contribution >= 4 is 23.0 Å². The van der Waals surface area contributed by atoms with E-state index in [4.69, 9.17) is 0 Å². The van der Waals surface area contributed by atoms with Crippen molar-refractivity contribution in [3.05, 3.63) is 28.6 Å². The lowest BCUT2D eigenvalue weighted by atomic mass is 10.3. The summed E-state index contributed by atoms with van der Waals surface area (Å²) in [4.78, 5) is 15.4. The van der Waals surface area contributed by atoms with E-state index in [0.717, 1.165) is 5.01 Å². The van der Waals surface area contributed by atoms with Crippen LogP contribution >= 0.6 is 11.3 Å². The monoisotopic (exact) mass is 266 g/mol. The Morgan fingerprint density at radius 1 is 1.44 bits per heavy atom. The Morgan fingerprint density at radius 3 is 3.11 bits per heavy atom. The van der Waals surface area contributed by atoms with Crippen LogP contribution in [0.1, 0.15) is 17.6 Å². The molecule has 0 radical (unpaired) electrons. The van der Waals surface area contributed by atoms with Gasteiger partial charge in [-0.3, -0.25) is 4.99 Å². The quantitative estimate of drug-likeness (QED) is 0.719. The molecule has 94 valence electrons. The van der Waals surface area contributed by atoms with Gasteiger partial charge in [0.15, 0.2) is 11.7 Å². The fourth-order valence-corrected chi connectivity index (χ4v) is 2.24. The second-order valence-corrected chi connectivity index (χ2v) is 4.95. The molecule has 1 aliphatic rings. The Hall–Kier alpha value is -1.96. The number of nitrogens with zero attached hydrogens (tertiary/aromatic N) is 3. The van der Waals surface area contributed by atoms with Gasteiger partial charge in [0.2, 0.25) is 0 Å². The highest BCUT2D eigenvalue weighted by Gasteiger charge is 2.33. The third-order valence-electron chi connectivity index (χ3n) is 2.44. The van der Waals surface area contributed by atoms with E-state index >= 15 is 0 Å². The molecule has 8 heteroatoms. The summed E-state index contributed by atoms with van der Waals surface area (Å²) in [6.07, 6.45) is 3.22. The third kappa shape index (κ3) is 2.06. The van der Waals surface area contributed by atoms with Crippen LogP contribution in [0.25, 0.3) is 0 Å². The first-order chi connectivity index (χ1) is 8.64. The van der Waals surface area contributed by atoms with Crippen molar-refractivity contribution in [1.29, 1.82) is 0 Å². The van der Waals surface area contributed by atoms with Crippen LogP contribution in [0.2, 0.25) is 0 Å². The number of amidine groups is 1. The van der Waals surface area contributed by atoms with Crippen molar-refractivity contribution in [1.82, 2.24) is 20.3 Å². The SMILES string of the molecule is CC1(F)NC(=NCc2nccs2)c2[nH]cnc2N1. The summed E-state index contributed by atoms with van der Waals surface area (Å²) in [5.41, 5.74) is 0.654. The molecule has 18 heavy (non-hydrogen) atoms. The van der Waals surface area contributed by atoms with Crippen molar-refractivity contribution in [2.45, 2.75) is 19.4 Å². The molecule has 1 unspecified atom stereocenters. The van der Waals surface area contributed by atoms with Gasteiger partial charge in [-0.1, -0.05) is 0 Å². The number of hydrogen-bond donors (Lipinski definition) is 3. The first kappa shape index (κ1) is 11.1. The molecule has 3 rings (SSSR count). The van der Waals surface area contributed by atoms with Gasteiger partial charge in [0.1, 0.15) is 10.7 Å². The number of H-pyrrole nitrogens is 1. The minimum atomic E-state index is -1.76.